The maximum atomic E-state index is 11.7. The largest absolute Gasteiger partial charge is 0.426 e. The van der Waals surface area contributed by atoms with Crippen molar-refractivity contribution in [1.82, 2.24) is 9.88 Å². The smallest absolute Gasteiger partial charge is 0.313 e. The maximum Gasteiger partial charge on any atom is 0.313 e. The molecular formula is C18H24N2O2. The lowest BCUT2D eigenvalue weighted by atomic mass is 10.1. The van der Waals surface area contributed by atoms with Gasteiger partial charge in [-0.25, -0.2) is 0 Å². The normalized spacial score (nSPS) is 15.0. The maximum absolute atomic E-state index is 11.7. The van der Waals surface area contributed by atoms with Gasteiger partial charge >= 0.3 is 5.97 Å². The van der Waals surface area contributed by atoms with Crippen LogP contribution in [0.4, 0.5) is 0 Å². The number of aromatic nitrogens is 1. The van der Waals surface area contributed by atoms with E-state index in [1.54, 1.807) is 0 Å². The summed E-state index contributed by atoms with van der Waals surface area (Å²) >= 11 is 0. The van der Waals surface area contributed by atoms with Crippen LogP contribution >= 0.6 is 0 Å². The fourth-order valence-corrected chi connectivity index (χ4v) is 2.66. The summed E-state index contributed by atoms with van der Waals surface area (Å²) < 4.78 is 5.42. The molecule has 1 aromatic heterocycles. The summed E-state index contributed by atoms with van der Waals surface area (Å²) in [6.07, 6.45) is 5.74. The molecule has 0 atom stereocenters. The van der Waals surface area contributed by atoms with Crippen LogP contribution in [0.15, 0.2) is 24.4 Å². The third-order valence-corrected chi connectivity index (χ3v) is 4.33. The minimum Gasteiger partial charge on any atom is -0.426 e. The van der Waals surface area contributed by atoms with Gasteiger partial charge in [-0.05, 0) is 50.1 Å². The number of likely N-dealkylation sites (N-methyl/N-ethyl adjacent to an activating group) is 1. The molecule has 1 aliphatic carbocycles. The van der Waals surface area contributed by atoms with Crippen LogP contribution in [0.1, 0.15) is 32.3 Å². The Morgan fingerprint density at radius 1 is 1.41 bits per heavy atom. The van der Waals surface area contributed by atoms with E-state index in [4.69, 9.17) is 4.74 Å². The van der Waals surface area contributed by atoms with Gasteiger partial charge in [0, 0.05) is 29.7 Å². The van der Waals surface area contributed by atoms with Gasteiger partial charge in [-0.1, -0.05) is 13.8 Å². The number of nitrogens with zero attached hydrogens (tertiary/aromatic N) is 1. The number of H-pyrrole nitrogens is 1. The Hall–Kier alpha value is -1.81. The van der Waals surface area contributed by atoms with Crippen molar-refractivity contribution in [3.63, 3.8) is 0 Å². The van der Waals surface area contributed by atoms with Gasteiger partial charge < -0.3 is 14.6 Å². The average Bonchev–Trinajstić information content (AvgIpc) is 3.26. The van der Waals surface area contributed by atoms with Crippen molar-refractivity contribution in [1.29, 1.82) is 0 Å². The highest BCUT2D eigenvalue weighted by atomic mass is 16.5. The average molecular weight is 300 g/mol. The van der Waals surface area contributed by atoms with Gasteiger partial charge in [0.1, 0.15) is 5.75 Å². The quantitative estimate of drug-likeness (QED) is 0.657. The van der Waals surface area contributed by atoms with Gasteiger partial charge in [-0.15, -0.1) is 0 Å². The molecule has 22 heavy (non-hydrogen) atoms. The molecule has 0 saturated heterocycles. The summed E-state index contributed by atoms with van der Waals surface area (Å²) in [6, 6.07) is 6.58. The van der Waals surface area contributed by atoms with E-state index in [1.807, 2.05) is 32.0 Å². The van der Waals surface area contributed by atoms with Gasteiger partial charge in [0.25, 0.3) is 0 Å². The summed E-state index contributed by atoms with van der Waals surface area (Å²) in [5, 5.41) is 1.15. The molecule has 1 heterocycles. The van der Waals surface area contributed by atoms with Crippen LogP contribution in [0.2, 0.25) is 0 Å². The number of nitrogens with one attached hydrogen (secondary N) is 1. The first kappa shape index (κ1) is 15.1. The molecule has 0 bridgehead atoms. The number of ether oxygens (including phenoxy) is 1. The molecular weight excluding hydrogens is 276 g/mol. The van der Waals surface area contributed by atoms with Crippen LogP contribution in [0.5, 0.6) is 5.75 Å². The van der Waals surface area contributed by atoms with Crippen LogP contribution in [0.3, 0.4) is 0 Å². The minimum absolute atomic E-state index is 0.117. The van der Waals surface area contributed by atoms with Crippen LogP contribution in [0, 0.1) is 5.92 Å². The molecule has 1 aromatic carbocycles. The van der Waals surface area contributed by atoms with E-state index >= 15 is 0 Å². The van der Waals surface area contributed by atoms with E-state index in [1.165, 1.54) is 18.4 Å². The lowest BCUT2D eigenvalue weighted by Crippen LogP contribution is -2.23. The number of carbonyl (C=O) groups is 1. The molecule has 0 aliphatic heterocycles. The molecule has 1 aliphatic rings. The third kappa shape index (κ3) is 3.33. The van der Waals surface area contributed by atoms with Crippen molar-refractivity contribution in [2.24, 2.45) is 5.92 Å². The second-order valence-corrected chi connectivity index (χ2v) is 6.56. The topological polar surface area (TPSA) is 45.3 Å². The summed E-state index contributed by atoms with van der Waals surface area (Å²) in [4.78, 5) is 17.5. The number of carbonyl (C=O) groups excluding carboxylic acids is 1. The standard InChI is InChI=1S/C18H24N2O2/c1-12(2)18(21)22-15-6-7-17-16(10-15)13(11-19-17)8-9-20(3)14-4-5-14/h6-7,10-12,14,19H,4-5,8-9H2,1-3H3. The molecule has 1 N–H and O–H groups in total. The molecule has 4 nitrogen and oxygen atoms in total. The van der Waals surface area contributed by atoms with Gasteiger partial charge in [0.05, 0.1) is 5.92 Å². The zero-order valence-electron chi connectivity index (χ0n) is 13.6. The molecule has 4 heteroatoms. The van der Waals surface area contributed by atoms with Gasteiger partial charge in [-0.2, -0.15) is 0 Å². The number of fused-ring (bicyclic) bond motifs is 1. The Labute approximate surface area is 131 Å². The molecule has 0 unspecified atom stereocenters. The fraction of sp³-hybridized carbons (Fsp3) is 0.500. The van der Waals surface area contributed by atoms with Crippen LogP contribution in [-0.2, 0) is 11.2 Å². The molecule has 1 fully saturated rings. The monoisotopic (exact) mass is 300 g/mol. The Balaban J connectivity index is 1.74. The van der Waals surface area contributed by atoms with Crippen molar-refractivity contribution in [3.05, 3.63) is 30.0 Å². The van der Waals surface area contributed by atoms with E-state index in [-0.39, 0.29) is 11.9 Å². The second kappa shape index (κ2) is 6.13. The van der Waals surface area contributed by atoms with Crippen molar-refractivity contribution in [2.75, 3.05) is 13.6 Å². The first-order chi connectivity index (χ1) is 10.5. The number of aromatic amines is 1. The predicted molar refractivity (Wildman–Crippen MR) is 88.1 cm³/mol. The summed E-state index contributed by atoms with van der Waals surface area (Å²) in [5.74, 6) is 0.320. The van der Waals surface area contributed by atoms with Gasteiger partial charge in [0.15, 0.2) is 0 Å². The third-order valence-electron chi connectivity index (χ3n) is 4.33. The van der Waals surface area contributed by atoms with E-state index in [0.717, 1.165) is 29.9 Å². The van der Waals surface area contributed by atoms with Crippen molar-refractivity contribution >= 4 is 16.9 Å². The molecule has 118 valence electrons. The van der Waals surface area contributed by atoms with E-state index in [0.29, 0.717) is 5.75 Å². The first-order valence-corrected chi connectivity index (χ1v) is 8.06. The summed E-state index contributed by atoms with van der Waals surface area (Å²) in [5.41, 5.74) is 2.37. The zero-order chi connectivity index (χ0) is 15.7. The Bertz CT molecular complexity index is 671. The first-order valence-electron chi connectivity index (χ1n) is 8.06. The van der Waals surface area contributed by atoms with E-state index in [2.05, 4.69) is 23.1 Å². The lowest BCUT2D eigenvalue weighted by molar-refractivity contribution is -0.137. The van der Waals surface area contributed by atoms with E-state index in [9.17, 15) is 4.79 Å². The van der Waals surface area contributed by atoms with Gasteiger partial charge in [-0.3, -0.25) is 4.79 Å². The molecule has 3 rings (SSSR count). The number of rotatable bonds is 6. The predicted octanol–water partition coefficient (Wildman–Crippen LogP) is 3.37. The fourth-order valence-electron chi connectivity index (χ4n) is 2.66. The van der Waals surface area contributed by atoms with Crippen molar-refractivity contribution in [2.45, 2.75) is 39.2 Å². The Kier molecular flexibility index (Phi) is 4.21. The van der Waals surface area contributed by atoms with Crippen LogP contribution in [0.25, 0.3) is 10.9 Å². The number of benzene rings is 1. The number of esters is 1. The summed E-state index contributed by atoms with van der Waals surface area (Å²) in [7, 11) is 2.20. The van der Waals surface area contributed by atoms with Crippen molar-refractivity contribution < 1.29 is 9.53 Å². The summed E-state index contributed by atoms with van der Waals surface area (Å²) in [6.45, 7) is 4.75. The van der Waals surface area contributed by atoms with Gasteiger partial charge in [0.2, 0.25) is 0 Å². The highest BCUT2D eigenvalue weighted by Gasteiger charge is 2.25. The molecule has 0 radical (unpaired) electrons. The molecule has 0 amide bonds. The minimum atomic E-state index is -0.190. The SMILES string of the molecule is CC(C)C(=O)Oc1ccc2[nH]cc(CCN(C)C3CC3)c2c1. The zero-order valence-corrected chi connectivity index (χ0v) is 13.6. The number of hydrogen-bond acceptors (Lipinski definition) is 3. The lowest BCUT2D eigenvalue weighted by Gasteiger charge is -2.14. The Morgan fingerprint density at radius 3 is 2.86 bits per heavy atom. The van der Waals surface area contributed by atoms with Crippen LogP contribution < -0.4 is 4.74 Å². The second-order valence-electron chi connectivity index (χ2n) is 6.56. The van der Waals surface area contributed by atoms with Crippen molar-refractivity contribution in [3.8, 4) is 5.75 Å². The highest BCUT2D eigenvalue weighted by molar-refractivity contribution is 5.85. The van der Waals surface area contributed by atoms with Crippen LogP contribution in [-0.4, -0.2) is 35.5 Å². The molecule has 1 saturated carbocycles. The highest BCUT2D eigenvalue weighted by Crippen LogP contribution is 2.27. The van der Waals surface area contributed by atoms with E-state index < -0.39 is 0 Å². The Morgan fingerprint density at radius 2 is 2.18 bits per heavy atom. The molecule has 2 aromatic rings. The molecule has 0 spiro atoms. The number of hydrogen-bond donors (Lipinski definition) is 1.